The average molecular weight is 708 g/mol. The van der Waals surface area contributed by atoms with Crippen molar-refractivity contribution < 1.29 is 28.7 Å². The van der Waals surface area contributed by atoms with Crippen LogP contribution in [0.1, 0.15) is 85.7 Å². The van der Waals surface area contributed by atoms with Gasteiger partial charge >= 0.3 is 6.03 Å². The molecule has 3 aliphatic rings. The quantitative estimate of drug-likeness (QED) is 0.0785. The Labute approximate surface area is 300 Å². The number of benzene rings is 2. The van der Waals surface area contributed by atoms with Gasteiger partial charge in [-0.1, -0.05) is 37.1 Å². The van der Waals surface area contributed by atoms with Gasteiger partial charge in [-0.15, -0.1) is 0 Å². The maximum atomic E-state index is 12.8. The molecule has 2 fully saturated rings. The molecule has 11 nitrogen and oxygen atoms in total. The van der Waals surface area contributed by atoms with Gasteiger partial charge in [-0.05, 0) is 86.8 Å². The number of nitrogens with one attached hydrogen (secondary N) is 5. The highest BCUT2D eigenvalue weighted by atomic mass is 32.2. The van der Waals surface area contributed by atoms with E-state index < -0.39 is 0 Å². The van der Waals surface area contributed by atoms with Crippen LogP contribution < -0.4 is 31.3 Å². The molecule has 2 aromatic carbocycles. The lowest BCUT2D eigenvalue weighted by Gasteiger charge is -2.17. The summed E-state index contributed by atoms with van der Waals surface area (Å²) in [6, 6.07) is 16.2. The van der Waals surface area contributed by atoms with Crippen LogP contribution in [0.3, 0.4) is 0 Å². The van der Waals surface area contributed by atoms with Crippen molar-refractivity contribution in [1.82, 2.24) is 26.6 Å². The monoisotopic (exact) mass is 707 g/mol. The molecule has 5 N–H and O–H groups in total. The molecular weight excluding hydrogens is 655 g/mol. The molecule has 0 unspecified atom stereocenters. The number of rotatable bonds is 20. The summed E-state index contributed by atoms with van der Waals surface area (Å²) in [7, 11) is 0. The molecule has 0 aromatic heterocycles. The molecular formula is C38H53N5O6S. The van der Waals surface area contributed by atoms with Crippen molar-refractivity contribution in [2.45, 2.75) is 100 Å². The van der Waals surface area contributed by atoms with Gasteiger partial charge in [0.1, 0.15) is 12.4 Å². The predicted octanol–water partition coefficient (Wildman–Crippen LogP) is 4.28. The number of urea groups is 1. The Morgan fingerprint density at radius 2 is 1.58 bits per heavy atom. The highest BCUT2D eigenvalue weighted by Gasteiger charge is 2.42. The molecule has 0 spiro atoms. The minimum absolute atomic E-state index is 0.00145. The summed E-state index contributed by atoms with van der Waals surface area (Å²) >= 11 is 1.90. The number of unbranched alkanes of at least 4 members (excludes halogenated alkanes) is 3. The topological polar surface area (TPSA) is 147 Å². The predicted molar refractivity (Wildman–Crippen MR) is 196 cm³/mol. The van der Waals surface area contributed by atoms with Gasteiger partial charge in [0.05, 0.1) is 25.3 Å². The number of carbonyl (C=O) groups excluding carboxylic acids is 4. The van der Waals surface area contributed by atoms with Crippen molar-refractivity contribution in [2.75, 3.05) is 38.7 Å². The Morgan fingerprint density at radius 1 is 0.820 bits per heavy atom. The number of ether oxygens (including phenoxy) is 2. The number of aryl methyl sites for hydroxylation is 1. The fraction of sp³-hybridized carbons (Fsp3) is 0.579. The molecule has 4 atom stereocenters. The Balaban J connectivity index is 0.805. The molecule has 0 bridgehead atoms. The second-order valence-corrected chi connectivity index (χ2v) is 14.7. The minimum Gasteiger partial charge on any atom is -0.491 e. The van der Waals surface area contributed by atoms with Crippen LogP contribution in [-0.4, -0.2) is 85.8 Å². The van der Waals surface area contributed by atoms with Crippen LogP contribution in [-0.2, 0) is 27.2 Å². The summed E-state index contributed by atoms with van der Waals surface area (Å²) in [6.45, 7) is 2.24. The van der Waals surface area contributed by atoms with E-state index in [1.54, 1.807) is 24.3 Å². The fourth-order valence-corrected chi connectivity index (χ4v) is 8.39. The van der Waals surface area contributed by atoms with Crippen molar-refractivity contribution in [3.8, 4) is 5.75 Å². The molecule has 2 saturated heterocycles. The van der Waals surface area contributed by atoms with E-state index in [1.165, 1.54) is 11.1 Å². The largest absolute Gasteiger partial charge is 0.491 e. The first-order valence-electron chi connectivity index (χ1n) is 18.3. The summed E-state index contributed by atoms with van der Waals surface area (Å²) in [5, 5.41) is 15.5. The normalized spacial score (nSPS) is 20.8. The van der Waals surface area contributed by atoms with E-state index in [9.17, 15) is 19.2 Å². The van der Waals surface area contributed by atoms with E-state index in [4.69, 9.17) is 9.47 Å². The van der Waals surface area contributed by atoms with Crippen molar-refractivity contribution >= 4 is 35.5 Å². The van der Waals surface area contributed by atoms with Gasteiger partial charge < -0.3 is 36.1 Å². The van der Waals surface area contributed by atoms with E-state index in [0.717, 1.165) is 70.0 Å². The molecule has 50 heavy (non-hydrogen) atoms. The molecule has 0 radical (unpaired) electrons. The molecule has 2 heterocycles. The van der Waals surface area contributed by atoms with Crippen molar-refractivity contribution in [2.24, 2.45) is 0 Å². The average Bonchev–Trinajstić information content (AvgIpc) is 3.59. The first-order chi connectivity index (χ1) is 24.4. The maximum Gasteiger partial charge on any atom is 0.315 e. The first-order valence-corrected chi connectivity index (χ1v) is 19.4. The molecule has 5 amide bonds. The van der Waals surface area contributed by atoms with Gasteiger partial charge in [-0.3, -0.25) is 14.4 Å². The van der Waals surface area contributed by atoms with E-state index in [2.05, 4.69) is 50.8 Å². The number of hydrogen-bond donors (Lipinski definition) is 5. The zero-order valence-corrected chi connectivity index (χ0v) is 29.8. The number of carbonyl (C=O) groups is 4. The van der Waals surface area contributed by atoms with Gasteiger partial charge in [0.25, 0.3) is 5.91 Å². The van der Waals surface area contributed by atoms with E-state index in [1.807, 2.05) is 11.8 Å². The first kappa shape index (κ1) is 37.5. The summed E-state index contributed by atoms with van der Waals surface area (Å²) in [6.07, 6.45) is 10.3. The third kappa shape index (κ3) is 12.2. The van der Waals surface area contributed by atoms with Crippen LogP contribution >= 0.6 is 11.8 Å². The Hall–Kier alpha value is -3.77. The van der Waals surface area contributed by atoms with Gasteiger partial charge in [0, 0.05) is 48.5 Å². The van der Waals surface area contributed by atoms with Crippen LogP contribution in [0.15, 0.2) is 48.5 Å². The van der Waals surface area contributed by atoms with E-state index in [0.29, 0.717) is 62.3 Å². The van der Waals surface area contributed by atoms with Crippen LogP contribution in [0.5, 0.6) is 5.75 Å². The number of hydrogen-bond acceptors (Lipinski definition) is 7. The minimum atomic E-state index is -0.0640. The molecule has 2 aromatic rings. The Kier molecular flexibility index (Phi) is 15.1. The fourth-order valence-electron chi connectivity index (χ4n) is 6.85. The second kappa shape index (κ2) is 20.2. The molecule has 272 valence electrons. The standard InChI is InChI=1S/C38H53N5O6S/c44-34(15-6-5-13-33-36-32(26-50-33)42-38(47)43-36)39-20-7-1-2-14-35(45)40-21-22-48-23-24-49-31-18-16-28(17-19-31)37(46)41-30-12-8-11-27-9-3-4-10-29(27)25-30/h3-4,9-10,16-19,30,32-33,36H,1-2,5-8,11-15,20-26H2,(H,39,44)(H,40,45)(H,41,46)(H2,42,43,47)/t30-,32-,33-,36-/m0/s1. The van der Waals surface area contributed by atoms with Crippen LogP contribution in [0.2, 0.25) is 0 Å². The van der Waals surface area contributed by atoms with Gasteiger partial charge in [-0.2, -0.15) is 11.8 Å². The molecule has 1 aliphatic carbocycles. The maximum absolute atomic E-state index is 12.8. The molecule has 2 aliphatic heterocycles. The van der Waals surface area contributed by atoms with E-state index in [-0.39, 0.29) is 41.9 Å². The second-order valence-electron chi connectivity index (χ2n) is 13.4. The van der Waals surface area contributed by atoms with Gasteiger partial charge in [0.15, 0.2) is 0 Å². The molecule has 5 rings (SSSR count). The summed E-state index contributed by atoms with van der Waals surface area (Å²) in [4.78, 5) is 48.6. The van der Waals surface area contributed by atoms with E-state index >= 15 is 0 Å². The lowest BCUT2D eigenvalue weighted by Crippen LogP contribution is -2.36. The van der Waals surface area contributed by atoms with Crippen molar-refractivity contribution in [1.29, 1.82) is 0 Å². The number of amides is 5. The summed E-state index contributed by atoms with van der Waals surface area (Å²) < 4.78 is 11.3. The lowest BCUT2D eigenvalue weighted by atomic mass is 10.0. The van der Waals surface area contributed by atoms with Crippen molar-refractivity contribution in [3.05, 3.63) is 65.2 Å². The smallest absolute Gasteiger partial charge is 0.315 e. The number of fused-ring (bicyclic) bond motifs is 2. The zero-order valence-electron chi connectivity index (χ0n) is 29.0. The highest BCUT2D eigenvalue weighted by molar-refractivity contribution is 8.00. The summed E-state index contributed by atoms with van der Waals surface area (Å²) in [5.41, 5.74) is 3.33. The van der Waals surface area contributed by atoms with Gasteiger partial charge in [0.2, 0.25) is 11.8 Å². The third-order valence-corrected chi connectivity index (χ3v) is 11.1. The Morgan fingerprint density at radius 3 is 2.40 bits per heavy atom. The van der Waals surface area contributed by atoms with Crippen LogP contribution in [0, 0.1) is 0 Å². The highest BCUT2D eigenvalue weighted by Crippen LogP contribution is 2.33. The Bertz CT molecular complexity index is 1410. The third-order valence-electron chi connectivity index (χ3n) is 9.58. The lowest BCUT2D eigenvalue weighted by molar-refractivity contribution is -0.122. The zero-order chi connectivity index (χ0) is 35.0. The van der Waals surface area contributed by atoms with Crippen LogP contribution in [0.25, 0.3) is 0 Å². The summed E-state index contributed by atoms with van der Waals surface area (Å²) in [5.74, 6) is 1.65. The number of thioether (sulfide) groups is 1. The molecule has 12 heteroatoms. The SMILES string of the molecule is O=C(CCCC[C@@H]1SC[C@@H]2NC(=O)N[C@@H]21)NCCCCCC(=O)NCCOCCOc1ccc(C(=O)N[C@H]2CCCc3ccccc3C2)cc1. The molecule has 0 saturated carbocycles. The van der Waals surface area contributed by atoms with Crippen molar-refractivity contribution in [3.63, 3.8) is 0 Å². The van der Waals surface area contributed by atoms with Crippen LogP contribution in [0.4, 0.5) is 4.79 Å². The van der Waals surface area contributed by atoms with Gasteiger partial charge in [-0.25, -0.2) is 4.79 Å².